The molecule has 0 aromatic heterocycles. The minimum atomic E-state index is -3.20. The topological polar surface area (TPSA) is 63.5 Å². The van der Waals surface area contributed by atoms with Crippen molar-refractivity contribution < 1.29 is 8.42 Å². The number of rotatable bonds is 2. The summed E-state index contributed by atoms with van der Waals surface area (Å²) in [5.41, 5.74) is 0. The van der Waals surface area contributed by atoms with Gasteiger partial charge in [0.15, 0.2) is 0 Å². The molecule has 1 rings (SSSR count). The molecule has 0 bridgehead atoms. The van der Waals surface area contributed by atoms with Crippen molar-refractivity contribution in [1.29, 1.82) is 0 Å². The van der Waals surface area contributed by atoms with Gasteiger partial charge in [-0.3, -0.25) is 0 Å². The van der Waals surface area contributed by atoms with E-state index in [1.807, 2.05) is 0 Å². The lowest BCUT2D eigenvalue weighted by Gasteiger charge is -2.24. The van der Waals surface area contributed by atoms with Crippen LogP contribution in [0.15, 0.2) is 0 Å². The first-order valence-electron chi connectivity index (χ1n) is 3.48. The van der Waals surface area contributed by atoms with E-state index in [0.717, 1.165) is 0 Å². The fraction of sp³-hybridized carbons (Fsp3) is 1.00. The monoisotopic (exact) mass is 178 g/mol. The number of nitrogens with zero attached hydrogens (tertiary/aromatic N) is 2. The Hall–Kier alpha value is -0.170. The van der Waals surface area contributed by atoms with Gasteiger partial charge < -0.3 is 0 Å². The van der Waals surface area contributed by atoms with Crippen LogP contribution in [-0.2, 0) is 10.2 Å². The first kappa shape index (κ1) is 8.92. The van der Waals surface area contributed by atoms with E-state index in [2.05, 4.69) is 10.0 Å². The average molecular weight is 178 g/mol. The molecule has 0 aromatic rings. The van der Waals surface area contributed by atoms with Gasteiger partial charge in [0, 0.05) is 33.2 Å². The van der Waals surface area contributed by atoms with Gasteiger partial charge in [-0.1, -0.05) is 0 Å². The molecular weight excluding hydrogens is 166 g/mol. The third-order valence-corrected chi connectivity index (χ3v) is 3.17. The summed E-state index contributed by atoms with van der Waals surface area (Å²) in [7, 11) is -1.78. The standard InChI is InChI=1S/C5H12N3O2S/c1-6-11(9,10)8-4-2-7-3-5-8/h6H,2-5H2,1H3. The molecule has 1 heterocycles. The molecule has 6 heteroatoms. The largest absolute Gasteiger partial charge is 0.279 e. The highest BCUT2D eigenvalue weighted by molar-refractivity contribution is 7.87. The third-order valence-electron chi connectivity index (χ3n) is 1.61. The number of hydrogen-bond acceptors (Lipinski definition) is 2. The maximum Gasteiger partial charge on any atom is 0.279 e. The van der Waals surface area contributed by atoms with Gasteiger partial charge in [-0.15, -0.1) is 0 Å². The van der Waals surface area contributed by atoms with Crippen LogP contribution in [0.5, 0.6) is 0 Å². The molecule has 0 saturated carbocycles. The fourth-order valence-electron chi connectivity index (χ4n) is 0.958. The van der Waals surface area contributed by atoms with Crippen LogP contribution in [0.25, 0.3) is 0 Å². The first-order valence-corrected chi connectivity index (χ1v) is 4.93. The van der Waals surface area contributed by atoms with Crippen LogP contribution in [0.4, 0.5) is 0 Å². The van der Waals surface area contributed by atoms with E-state index in [1.54, 1.807) is 0 Å². The van der Waals surface area contributed by atoms with Crippen LogP contribution in [0.1, 0.15) is 0 Å². The van der Waals surface area contributed by atoms with Crippen molar-refractivity contribution >= 4 is 10.2 Å². The fourth-order valence-corrected chi connectivity index (χ4v) is 1.86. The van der Waals surface area contributed by atoms with E-state index >= 15 is 0 Å². The van der Waals surface area contributed by atoms with Gasteiger partial charge in [0.25, 0.3) is 10.2 Å². The summed E-state index contributed by atoms with van der Waals surface area (Å²) in [5, 5.41) is 4.04. The molecule has 1 N–H and O–H groups in total. The molecule has 0 atom stereocenters. The summed E-state index contributed by atoms with van der Waals surface area (Å²) in [6.45, 7) is 2.23. The highest BCUT2D eigenvalue weighted by Gasteiger charge is 2.21. The highest BCUT2D eigenvalue weighted by atomic mass is 32.2. The second-order valence-electron chi connectivity index (χ2n) is 2.28. The maximum atomic E-state index is 11.1. The van der Waals surface area contributed by atoms with Gasteiger partial charge in [-0.2, -0.15) is 12.7 Å². The number of hydrogen-bond donors (Lipinski definition) is 1. The van der Waals surface area contributed by atoms with Crippen molar-refractivity contribution in [2.24, 2.45) is 0 Å². The molecule has 65 valence electrons. The second-order valence-corrected chi connectivity index (χ2v) is 4.15. The first-order chi connectivity index (χ1) is 5.17. The SMILES string of the molecule is CNS(=O)(=O)N1CC[N]CC1. The molecule has 5 nitrogen and oxygen atoms in total. The van der Waals surface area contributed by atoms with Crippen LogP contribution >= 0.6 is 0 Å². The molecule has 1 radical (unpaired) electrons. The quantitative estimate of drug-likeness (QED) is 0.552. The predicted molar refractivity (Wildman–Crippen MR) is 41.4 cm³/mol. The summed E-state index contributed by atoms with van der Waals surface area (Å²) >= 11 is 0. The Bertz CT molecular complexity index is 208. The second kappa shape index (κ2) is 3.48. The summed E-state index contributed by atoms with van der Waals surface area (Å²) in [6, 6.07) is 0. The molecule has 11 heavy (non-hydrogen) atoms. The Balaban J connectivity index is 2.58. The lowest BCUT2D eigenvalue weighted by atomic mass is 10.4. The van der Waals surface area contributed by atoms with Crippen molar-refractivity contribution in [3.8, 4) is 0 Å². The lowest BCUT2D eigenvalue weighted by Crippen LogP contribution is -2.47. The van der Waals surface area contributed by atoms with Gasteiger partial charge in [0.1, 0.15) is 0 Å². The van der Waals surface area contributed by atoms with Crippen LogP contribution < -0.4 is 10.0 Å². The molecule has 0 aromatic carbocycles. The molecule has 1 saturated heterocycles. The number of nitrogens with one attached hydrogen (secondary N) is 1. The van der Waals surface area contributed by atoms with Gasteiger partial charge >= 0.3 is 0 Å². The van der Waals surface area contributed by atoms with Crippen LogP contribution in [0.3, 0.4) is 0 Å². The predicted octanol–water partition coefficient (Wildman–Crippen LogP) is -1.63. The van der Waals surface area contributed by atoms with E-state index in [9.17, 15) is 8.42 Å². The lowest BCUT2D eigenvalue weighted by molar-refractivity contribution is 0.353. The zero-order valence-electron chi connectivity index (χ0n) is 6.45. The zero-order chi connectivity index (χ0) is 8.32. The Morgan fingerprint density at radius 2 is 1.91 bits per heavy atom. The van der Waals surface area contributed by atoms with Crippen LogP contribution in [0.2, 0.25) is 0 Å². The van der Waals surface area contributed by atoms with Crippen LogP contribution in [-0.4, -0.2) is 45.9 Å². The Labute approximate surface area is 66.9 Å². The van der Waals surface area contributed by atoms with Gasteiger partial charge in [0.05, 0.1) is 0 Å². The number of piperazine rings is 1. The molecule has 1 aliphatic rings. The Morgan fingerprint density at radius 3 is 2.36 bits per heavy atom. The van der Waals surface area contributed by atoms with Gasteiger partial charge in [-0.25, -0.2) is 10.0 Å². The van der Waals surface area contributed by atoms with Crippen molar-refractivity contribution in [3.63, 3.8) is 0 Å². The summed E-state index contributed by atoms with van der Waals surface area (Å²) in [4.78, 5) is 0. The van der Waals surface area contributed by atoms with Crippen molar-refractivity contribution in [3.05, 3.63) is 0 Å². The molecule has 0 aliphatic carbocycles. The molecule has 1 aliphatic heterocycles. The van der Waals surface area contributed by atoms with Crippen molar-refractivity contribution in [1.82, 2.24) is 14.3 Å². The van der Waals surface area contributed by atoms with E-state index in [-0.39, 0.29) is 0 Å². The highest BCUT2D eigenvalue weighted by Crippen LogP contribution is 1.98. The summed E-state index contributed by atoms with van der Waals surface area (Å²) in [5.74, 6) is 0. The average Bonchev–Trinajstić information content (AvgIpc) is 2.06. The zero-order valence-corrected chi connectivity index (χ0v) is 7.26. The van der Waals surface area contributed by atoms with Gasteiger partial charge in [-0.05, 0) is 0 Å². The normalized spacial score (nSPS) is 21.9. The maximum absolute atomic E-state index is 11.1. The van der Waals surface area contributed by atoms with E-state index in [1.165, 1.54) is 11.4 Å². The minimum absolute atomic E-state index is 0.503. The molecular formula is C5H12N3O2S. The Morgan fingerprint density at radius 1 is 1.36 bits per heavy atom. The molecule has 1 fully saturated rings. The van der Waals surface area contributed by atoms with E-state index in [4.69, 9.17) is 0 Å². The molecule has 0 amide bonds. The van der Waals surface area contributed by atoms with Gasteiger partial charge in [0.2, 0.25) is 0 Å². The smallest absolute Gasteiger partial charge is 0.239 e. The van der Waals surface area contributed by atoms with Crippen LogP contribution in [0, 0.1) is 0 Å². The van der Waals surface area contributed by atoms with Crippen molar-refractivity contribution in [2.75, 3.05) is 33.2 Å². The summed E-state index contributed by atoms with van der Waals surface area (Å²) < 4.78 is 25.9. The van der Waals surface area contributed by atoms with E-state index < -0.39 is 10.2 Å². The summed E-state index contributed by atoms with van der Waals surface area (Å²) in [6.07, 6.45) is 0. The third kappa shape index (κ3) is 2.13. The molecule has 0 spiro atoms. The van der Waals surface area contributed by atoms with Crippen molar-refractivity contribution in [2.45, 2.75) is 0 Å². The molecule has 0 unspecified atom stereocenters. The Kier molecular flexibility index (Phi) is 2.83. The van der Waals surface area contributed by atoms with E-state index in [0.29, 0.717) is 26.2 Å². The minimum Gasteiger partial charge on any atom is -0.239 e.